The van der Waals surface area contributed by atoms with Crippen LogP contribution in [0.25, 0.3) is 0 Å². The molecule has 12 amide bonds. The van der Waals surface area contributed by atoms with E-state index in [0.29, 0.717) is 12.0 Å². The Labute approximate surface area is 498 Å². The molecule has 2 aromatic rings. The number of nitrogens with two attached hydrogens (primary N) is 5. The molecule has 1 fully saturated rings. The first-order valence-electron chi connectivity index (χ1n) is 28.2. The predicted molar refractivity (Wildman–Crippen MR) is 314 cm³/mol. The van der Waals surface area contributed by atoms with Crippen LogP contribution in [0.1, 0.15) is 78.2 Å². The number of urea groups is 1. The first-order valence-corrected chi connectivity index (χ1v) is 28.5. The van der Waals surface area contributed by atoms with Crippen molar-refractivity contribution in [2.45, 2.75) is 152 Å². The molecule has 30 nitrogen and oxygen atoms in total. The maximum atomic E-state index is 14.5. The van der Waals surface area contributed by atoms with Crippen molar-refractivity contribution < 1.29 is 63.0 Å². The highest BCUT2D eigenvalue weighted by Gasteiger charge is 2.38. The lowest BCUT2D eigenvalue weighted by atomic mass is 9.96. The summed E-state index contributed by atoms with van der Waals surface area (Å²) in [5.74, 6) is -10.2. The molecule has 0 aliphatic carbocycles. The van der Waals surface area contributed by atoms with Crippen LogP contribution in [0.3, 0.4) is 0 Å². The third kappa shape index (κ3) is 23.4. The van der Waals surface area contributed by atoms with Crippen molar-refractivity contribution in [2.24, 2.45) is 34.6 Å². The molecule has 0 spiro atoms. The minimum Gasteiger partial charge on any atom is -0.391 e. The molecule has 1 aliphatic rings. The molecule has 24 N–H and O–H groups in total. The highest BCUT2D eigenvalue weighted by Crippen LogP contribution is 2.20. The zero-order valence-electron chi connectivity index (χ0n) is 48.3. The number of rotatable bonds is 24. The number of para-hydroxylation sites is 1. The third-order valence-corrected chi connectivity index (χ3v) is 14.1. The van der Waals surface area contributed by atoms with Gasteiger partial charge in [-0.15, -0.1) is 0 Å². The van der Waals surface area contributed by atoms with Crippen LogP contribution in [0, 0.1) is 5.92 Å². The van der Waals surface area contributed by atoms with Crippen molar-refractivity contribution in [1.29, 1.82) is 0 Å². The summed E-state index contributed by atoms with van der Waals surface area (Å²) < 4.78 is 0. The van der Waals surface area contributed by atoms with Gasteiger partial charge >= 0.3 is 6.03 Å². The van der Waals surface area contributed by atoms with E-state index >= 15 is 0 Å². The number of hydrogen-bond donors (Lipinski definition) is 19. The lowest BCUT2D eigenvalue weighted by Crippen LogP contribution is -2.62. The first-order chi connectivity index (χ1) is 40.4. The smallest absolute Gasteiger partial charge is 0.319 e. The van der Waals surface area contributed by atoms with Crippen LogP contribution in [0.4, 0.5) is 10.5 Å². The standard InChI is InChI=1S/C54H86ClN17O13/c1-5-28(2)41-52(83)65-35(16-22-57)44(75)63-37(18-24-59)48(79)71-42(29(3)73)51(82)61-26-20-39(47(78)62-34(15-21-56)46(77)67-40(50(81)70-41)27-31-11-7-6-8-12-31)64-45(76)36(17-23-58)66-53(84)43(30(4)74)72-49(80)38(19-25-60)69-54(85)68-33-14-10-9-13-32(33)55/h6-14,28-30,34-43,73-74H,5,15-27,56-60H2,1-4H3,(H,61,82)(H,62,78)(H,63,75)(H,64,76)(H,65,83)(H,66,84)(H,67,77)(H,70,81)(H,71,79)(H,72,80)(H2,68,69,85). The summed E-state index contributed by atoms with van der Waals surface area (Å²) in [5.41, 5.74) is 30.1. The molecule has 13 atom stereocenters. The number of aliphatic hydroxyl groups is 2. The second-order valence-electron chi connectivity index (χ2n) is 20.5. The summed E-state index contributed by atoms with van der Waals surface area (Å²) in [7, 11) is 0. The molecule has 2 aromatic carbocycles. The maximum Gasteiger partial charge on any atom is 0.319 e. The van der Waals surface area contributed by atoms with Gasteiger partial charge in [-0.3, -0.25) is 47.9 Å². The summed E-state index contributed by atoms with van der Waals surface area (Å²) in [5, 5.41) is 52.0. The van der Waals surface area contributed by atoms with Gasteiger partial charge in [-0.1, -0.05) is 74.3 Å². The van der Waals surface area contributed by atoms with Crippen LogP contribution in [0.5, 0.6) is 0 Å². The van der Waals surface area contributed by atoms with Crippen LogP contribution >= 0.6 is 11.6 Å². The first kappa shape index (κ1) is 71.7. The van der Waals surface area contributed by atoms with Gasteiger partial charge in [0.1, 0.15) is 60.4 Å². The third-order valence-electron chi connectivity index (χ3n) is 13.8. The molecule has 0 radical (unpaired) electrons. The predicted octanol–water partition coefficient (Wildman–Crippen LogP) is -5.49. The largest absolute Gasteiger partial charge is 0.391 e. The van der Waals surface area contributed by atoms with Crippen LogP contribution in [0.15, 0.2) is 54.6 Å². The molecule has 31 heteroatoms. The molecule has 1 aliphatic heterocycles. The van der Waals surface area contributed by atoms with E-state index in [0.717, 1.165) is 0 Å². The number of nitrogens with one attached hydrogen (secondary N) is 12. The molecule has 472 valence electrons. The Kier molecular flexibility index (Phi) is 31.2. The highest BCUT2D eigenvalue weighted by atomic mass is 35.5. The van der Waals surface area contributed by atoms with Crippen molar-refractivity contribution in [3.8, 4) is 0 Å². The summed E-state index contributed by atoms with van der Waals surface area (Å²) >= 11 is 6.16. The molecule has 1 saturated heterocycles. The summed E-state index contributed by atoms with van der Waals surface area (Å²) in [4.78, 5) is 154. The van der Waals surface area contributed by atoms with Gasteiger partial charge in [0, 0.05) is 13.0 Å². The van der Waals surface area contributed by atoms with Gasteiger partial charge in [-0.2, -0.15) is 0 Å². The zero-order chi connectivity index (χ0) is 63.3. The van der Waals surface area contributed by atoms with E-state index in [1.807, 2.05) is 0 Å². The molecule has 0 bridgehead atoms. The summed E-state index contributed by atoms with van der Waals surface area (Å²) in [6.45, 7) is 4.45. The monoisotopic (exact) mass is 1220 g/mol. The topological polar surface area (TPSA) is 503 Å². The Morgan fingerprint density at radius 3 is 1.60 bits per heavy atom. The van der Waals surface area contributed by atoms with E-state index in [9.17, 15) is 63.0 Å². The Balaban J connectivity index is 2.08. The van der Waals surface area contributed by atoms with Crippen LogP contribution < -0.4 is 92.5 Å². The lowest BCUT2D eigenvalue weighted by Gasteiger charge is -2.30. The Morgan fingerprint density at radius 1 is 0.576 bits per heavy atom. The average molecular weight is 1220 g/mol. The molecule has 13 unspecified atom stereocenters. The number of benzene rings is 2. The summed E-state index contributed by atoms with van der Waals surface area (Å²) in [6, 6.07) is -1.23. The number of anilines is 1. The quantitative estimate of drug-likeness (QED) is 0.0466. The van der Waals surface area contributed by atoms with Crippen LogP contribution in [-0.4, -0.2) is 187 Å². The highest BCUT2D eigenvalue weighted by molar-refractivity contribution is 6.33. The van der Waals surface area contributed by atoms with E-state index in [2.05, 4.69) is 63.8 Å². The Hall–Kier alpha value is -7.58. The van der Waals surface area contributed by atoms with E-state index in [4.69, 9.17) is 40.3 Å². The fourth-order valence-corrected chi connectivity index (χ4v) is 8.90. The van der Waals surface area contributed by atoms with Gasteiger partial charge in [0.15, 0.2) is 0 Å². The van der Waals surface area contributed by atoms with Gasteiger partial charge in [-0.25, -0.2) is 4.79 Å². The van der Waals surface area contributed by atoms with Crippen molar-refractivity contribution in [1.82, 2.24) is 58.5 Å². The Bertz CT molecular complexity index is 2570. The van der Waals surface area contributed by atoms with E-state index < -0.39 is 157 Å². The molecule has 1 heterocycles. The normalized spacial score (nSPS) is 22.7. The van der Waals surface area contributed by atoms with Crippen molar-refractivity contribution >= 4 is 82.4 Å². The number of carbonyl (C=O) groups is 11. The molecule has 0 saturated carbocycles. The maximum absolute atomic E-state index is 14.5. The minimum absolute atomic E-state index is 0.109. The zero-order valence-corrected chi connectivity index (χ0v) is 49.0. The SMILES string of the molecule is CCC(C)C1NC(=O)C(Cc2ccccc2)NC(=O)C(CCN)NC(=O)C(NC(=O)C(CCN)NC(=O)C(NC(=O)C(CCN)NC(=O)Nc2ccccc2Cl)C(C)O)CCNC(=O)C(C(C)O)NC(=O)C(CCN)NC(=O)C(CCN)NC1=O. The van der Waals surface area contributed by atoms with E-state index in [1.165, 1.54) is 26.0 Å². The lowest BCUT2D eigenvalue weighted by molar-refractivity contribution is -0.136. The molecule has 0 aromatic heterocycles. The van der Waals surface area contributed by atoms with Crippen molar-refractivity contribution in [3.63, 3.8) is 0 Å². The van der Waals surface area contributed by atoms with Gasteiger partial charge in [0.2, 0.25) is 59.1 Å². The van der Waals surface area contributed by atoms with Crippen molar-refractivity contribution in [3.05, 3.63) is 65.2 Å². The van der Waals surface area contributed by atoms with E-state index in [-0.39, 0.29) is 82.0 Å². The second-order valence-corrected chi connectivity index (χ2v) is 20.9. The number of aliphatic hydroxyl groups excluding tert-OH is 2. The minimum atomic E-state index is -1.77. The molecular formula is C54H86ClN17O13. The number of hydrogen-bond acceptors (Lipinski definition) is 18. The fourth-order valence-electron chi connectivity index (χ4n) is 8.72. The number of carbonyl (C=O) groups excluding carboxylic acids is 11. The molecule has 3 rings (SSSR count). The second kappa shape index (κ2) is 37.0. The van der Waals surface area contributed by atoms with Gasteiger partial charge in [0.05, 0.1) is 22.9 Å². The van der Waals surface area contributed by atoms with Gasteiger partial charge < -0.3 is 103 Å². The van der Waals surface area contributed by atoms with Crippen LogP contribution in [0.2, 0.25) is 5.02 Å². The van der Waals surface area contributed by atoms with Crippen molar-refractivity contribution in [2.75, 3.05) is 44.6 Å². The molecular weight excluding hydrogens is 1130 g/mol. The van der Waals surface area contributed by atoms with Gasteiger partial charge in [-0.05, 0) is 109 Å². The average Bonchev–Trinajstić information content (AvgIpc) is 3.69. The number of halogens is 1. The van der Waals surface area contributed by atoms with Crippen LogP contribution in [-0.2, 0) is 54.4 Å². The fraction of sp³-hybridized carbons (Fsp3) is 0.574. The Morgan fingerprint density at radius 2 is 1.07 bits per heavy atom. The van der Waals surface area contributed by atoms with Gasteiger partial charge in [0.25, 0.3) is 0 Å². The number of amides is 12. The molecule has 85 heavy (non-hydrogen) atoms. The summed E-state index contributed by atoms with van der Waals surface area (Å²) in [6.07, 6.45) is -4.48. The van der Waals surface area contributed by atoms with E-state index in [1.54, 1.807) is 56.3 Å².